The van der Waals surface area contributed by atoms with Crippen molar-refractivity contribution in [1.82, 2.24) is 4.90 Å². The Morgan fingerprint density at radius 3 is 2.64 bits per heavy atom. The first-order chi connectivity index (χ1) is 11.8. The predicted octanol–water partition coefficient (Wildman–Crippen LogP) is 3.68. The number of aliphatic carboxylic acids is 1. The van der Waals surface area contributed by atoms with Gasteiger partial charge in [0.25, 0.3) is 0 Å². The molecule has 1 aliphatic carbocycles. The predicted molar refractivity (Wildman–Crippen MR) is 90.2 cm³/mol. The second-order valence-electron chi connectivity index (χ2n) is 6.60. The Morgan fingerprint density at radius 2 is 2.04 bits per heavy atom. The number of carboxylic acids is 1. The standard InChI is InChI=1S/C17H18Cl2FNO4/c18-11-7-12(19)13(20)6-10(11)14-9-21(4-5-25-14)15(22)8-17(16(23)24)2-1-3-17/h6-7,14H,1-5,8-9H2,(H,23,24). The van der Waals surface area contributed by atoms with Crippen molar-refractivity contribution in [3.63, 3.8) is 0 Å². The first-order valence-electron chi connectivity index (χ1n) is 8.10. The monoisotopic (exact) mass is 389 g/mol. The molecule has 25 heavy (non-hydrogen) atoms. The zero-order valence-electron chi connectivity index (χ0n) is 13.4. The van der Waals surface area contributed by atoms with Crippen LogP contribution in [0.3, 0.4) is 0 Å². The number of carbonyl (C=O) groups excluding carboxylic acids is 1. The van der Waals surface area contributed by atoms with E-state index >= 15 is 0 Å². The zero-order chi connectivity index (χ0) is 18.2. The molecule has 0 radical (unpaired) electrons. The molecule has 2 fully saturated rings. The third kappa shape index (κ3) is 3.61. The highest BCUT2D eigenvalue weighted by Crippen LogP contribution is 2.45. The van der Waals surface area contributed by atoms with E-state index in [1.165, 1.54) is 12.1 Å². The molecule has 1 heterocycles. The summed E-state index contributed by atoms with van der Waals surface area (Å²) in [5, 5.41) is 9.58. The van der Waals surface area contributed by atoms with Gasteiger partial charge >= 0.3 is 5.97 Å². The molecule has 1 saturated heterocycles. The molecule has 0 aromatic heterocycles. The fraction of sp³-hybridized carbons (Fsp3) is 0.529. The van der Waals surface area contributed by atoms with Crippen LogP contribution >= 0.6 is 23.2 Å². The Labute approximate surface area is 154 Å². The summed E-state index contributed by atoms with van der Waals surface area (Å²) in [6.45, 7) is 0.852. The average molecular weight is 390 g/mol. The van der Waals surface area contributed by atoms with Crippen LogP contribution in [0.15, 0.2) is 12.1 Å². The zero-order valence-corrected chi connectivity index (χ0v) is 14.9. The summed E-state index contributed by atoms with van der Waals surface area (Å²) < 4.78 is 19.4. The Hall–Kier alpha value is -1.37. The molecule has 136 valence electrons. The van der Waals surface area contributed by atoms with Crippen molar-refractivity contribution in [3.05, 3.63) is 33.6 Å². The molecular formula is C17H18Cl2FNO4. The number of benzene rings is 1. The number of amides is 1. The Balaban J connectivity index is 1.72. The minimum atomic E-state index is -0.936. The third-order valence-corrected chi connectivity index (χ3v) is 5.68. The topological polar surface area (TPSA) is 66.8 Å². The highest BCUT2D eigenvalue weighted by Gasteiger charge is 2.47. The van der Waals surface area contributed by atoms with Crippen molar-refractivity contribution >= 4 is 35.1 Å². The first-order valence-corrected chi connectivity index (χ1v) is 8.85. The number of carboxylic acid groups (broad SMARTS) is 1. The smallest absolute Gasteiger partial charge is 0.310 e. The largest absolute Gasteiger partial charge is 0.481 e. The van der Waals surface area contributed by atoms with Crippen LogP contribution in [0.5, 0.6) is 0 Å². The van der Waals surface area contributed by atoms with E-state index in [1.807, 2.05) is 0 Å². The number of nitrogens with zero attached hydrogens (tertiary/aromatic N) is 1. The normalized spacial score (nSPS) is 22.4. The van der Waals surface area contributed by atoms with E-state index < -0.39 is 23.3 Å². The molecule has 1 aromatic rings. The van der Waals surface area contributed by atoms with E-state index in [9.17, 15) is 19.1 Å². The van der Waals surface area contributed by atoms with Crippen molar-refractivity contribution in [1.29, 1.82) is 0 Å². The number of hydrogen-bond acceptors (Lipinski definition) is 3. The van der Waals surface area contributed by atoms with Gasteiger partial charge in [-0.3, -0.25) is 9.59 Å². The second kappa shape index (κ2) is 7.09. The third-order valence-electron chi connectivity index (χ3n) is 5.06. The molecule has 1 amide bonds. The van der Waals surface area contributed by atoms with Crippen LogP contribution in [0.2, 0.25) is 10.0 Å². The number of ether oxygens (including phenoxy) is 1. The molecule has 1 N–H and O–H groups in total. The van der Waals surface area contributed by atoms with Gasteiger partial charge in [0.15, 0.2) is 0 Å². The summed E-state index contributed by atoms with van der Waals surface area (Å²) in [6, 6.07) is 2.53. The van der Waals surface area contributed by atoms with Crippen LogP contribution in [0.1, 0.15) is 37.4 Å². The second-order valence-corrected chi connectivity index (χ2v) is 7.42. The van der Waals surface area contributed by atoms with E-state index in [-0.39, 0.29) is 35.5 Å². The molecular weight excluding hydrogens is 372 g/mol. The highest BCUT2D eigenvalue weighted by molar-refractivity contribution is 6.35. The molecule has 1 saturated carbocycles. The molecule has 1 atom stereocenters. The quantitative estimate of drug-likeness (QED) is 0.797. The highest BCUT2D eigenvalue weighted by atomic mass is 35.5. The van der Waals surface area contributed by atoms with Gasteiger partial charge in [-0.15, -0.1) is 0 Å². The lowest BCUT2D eigenvalue weighted by molar-refractivity contribution is -0.161. The molecule has 3 rings (SSSR count). The summed E-state index contributed by atoms with van der Waals surface area (Å²) in [6.07, 6.45) is 1.29. The number of rotatable bonds is 4. The van der Waals surface area contributed by atoms with Crippen molar-refractivity contribution in [2.75, 3.05) is 19.7 Å². The molecule has 5 nitrogen and oxygen atoms in total. The summed E-state index contributed by atoms with van der Waals surface area (Å²) >= 11 is 11.8. The fourth-order valence-corrected chi connectivity index (χ4v) is 3.82. The van der Waals surface area contributed by atoms with Gasteiger partial charge in [0.1, 0.15) is 11.9 Å². The molecule has 8 heteroatoms. The first kappa shape index (κ1) is 18.4. The molecule has 1 aromatic carbocycles. The average Bonchev–Trinajstić information content (AvgIpc) is 2.54. The maximum atomic E-state index is 13.7. The van der Waals surface area contributed by atoms with Crippen LogP contribution in [0, 0.1) is 11.2 Å². The van der Waals surface area contributed by atoms with E-state index in [1.54, 1.807) is 4.90 Å². The minimum absolute atomic E-state index is 0.0161. The van der Waals surface area contributed by atoms with Gasteiger partial charge in [0, 0.05) is 23.6 Å². The molecule has 0 spiro atoms. The Morgan fingerprint density at radius 1 is 1.32 bits per heavy atom. The molecule has 0 bridgehead atoms. The SMILES string of the molecule is O=C(CC1(C(=O)O)CCC1)N1CCOC(c2cc(F)c(Cl)cc2Cl)C1. The van der Waals surface area contributed by atoms with E-state index in [0.29, 0.717) is 24.9 Å². The maximum absolute atomic E-state index is 13.7. The van der Waals surface area contributed by atoms with Crippen molar-refractivity contribution in [2.45, 2.75) is 31.8 Å². The van der Waals surface area contributed by atoms with Gasteiger partial charge in [0.2, 0.25) is 5.91 Å². The van der Waals surface area contributed by atoms with E-state index in [2.05, 4.69) is 0 Å². The van der Waals surface area contributed by atoms with Gasteiger partial charge < -0.3 is 14.7 Å². The van der Waals surface area contributed by atoms with Gasteiger partial charge in [-0.1, -0.05) is 29.6 Å². The van der Waals surface area contributed by atoms with Crippen LogP contribution in [-0.4, -0.2) is 41.6 Å². The number of morpholine rings is 1. The minimum Gasteiger partial charge on any atom is -0.481 e. The maximum Gasteiger partial charge on any atom is 0.310 e. The van der Waals surface area contributed by atoms with E-state index in [4.69, 9.17) is 27.9 Å². The number of carbonyl (C=O) groups is 2. The summed E-state index contributed by atoms with van der Waals surface area (Å²) in [4.78, 5) is 25.6. The Bertz CT molecular complexity index is 708. The van der Waals surface area contributed by atoms with Gasteiger partial charge in [-0.25, -0.2) is 4.39 Å². The van der Waals surface area contributed by atoms with Crippen LogP contribution in [0.4, 0.5) is 4.39 Å². The number of halogens is 3. The van der Waals surface area contributed by atoms with Crippen molar-refractivity contribution in [3.8, 4) is 0 Å². The van der Waals surface area contributed by atoms with Gasteiger partial charge in [-0.05, 0) is 25.0 Å². The summed E-state index contributed by atoms with van der Waals surface area (Å²) in [5.74, 6) is -1.74. The van der Waals surface area contributed by atoms with Crippen LogP contribution in [0.25, 0.3) is 0 Å². The molecule has 2 aliphatic rings. The van der Waals surface area contributed by atoms with Gasteiger partial charge in [0.05, 0.1) is 23.6 Å². The molecule has 1 unspecified atom stereocenters. The lowest BCUT2D eigenvalue weighted by atomic mass is 9.66. The molecule has 1 aliphatic heterocycles. The Kier molecular flexibility index (Phi) is 5.23. The fourth-order valence-electron chi connectivity index (χ4n) is 3.32. The van der Waals surface area contributed by atoms with E-state index in [0.717, 1.165) is 6.42 Å². The lowest BCUT2D eigenvalue weighted by Crippen LogP contribution is -2.47. The lowest BCUT2D eigenvalue weighted by Gasteiger charge is -2.40. The van der Waals surface area contributed by atoms with Gasteiger partial charge in [-0.2, -0.15) is 0 Å². The van der Waals surface area contributed by atoms with Crippen LogP contribution in [-0.2, 0) is 14.3 Å². The van der Waals surface area contributed by atoms with Crippen LogP contribution < -0.4 is 0 Å². The summed E-state index contributed by atoms with van der Waals surface area (Å²) in [7, 11) is 0. The number of hydrogen-bond donors (Lipinski definition) is 1. The summed E-state index contributed by atoms with van der Waals surface area (Å²) in [5.41, 5.74) is -0.507. The van der Waals surface area contributed by atoms with Crippen molar-refractivity contribution < 1.29 is 23.8 Å². The van der Waals surface area contributed by atoms with Crippen molar-refractivity contribution in [2.24, 2.45) is 5.41 Å².